The first-order chi connectivity index (χ1) is 14.0. The van der Waals surface area contributed by atoms with E-state index in [1.807, 2.05) is 0 Å². The number of rotatable bonds is 3. The molecule has 0 spiro atoms. The molecule has 0 atom stereocenters. The summed E-state index contributed by atoms with van der Waals surface area (Å²) in [6, 6.07) is 8.50. The smallest absolute Gasteiger partial charge is 0.416 e. The molecule has 9 heteroatoms. The zero-order valence-corrected chi connectivity index (χ0v) is 15.4. The number of hydrogen-bond acceptors (Lipinski definition) is 3. The van der Waals surface area contributed by atoms with Gasteiger partial charge >= 0.3 is 6.18 Å². The summed E-state index contributed by atoms with van der Waals surface area (Å²) in [7, 11) is 0. The minimum absolute atomic E-state index is 0.0142. The number of nitrogens with two attached hydrogens (primary N) is 1. The normalized spacial score (nSPS) is 12.3. The highest BCUT2D eigenvalue weighted by molar-refractivity contribution is 6.07. The molecule has 0 saturated carbocycles. The number of nitrogens with zero attached hydrogens (tertiary/aromatic N) is 1. The zero-order valence-electron chi connectivity index (χ0n) is 15.4. The molecule has 0 fully saturated rings. The van der Waals surface area contributed by atoms with Gasteiger partial charge in [0.25, 0.3) is 0 Å². The van der Waals surface area contributed by atoms with Crippen molar-refractivity contribution in [1.82, 2.24) is 0 Å². The van der Waals surface area contributed by atoms with Crippen LogP contribution in [0.25, 0.3) is 22.3 Å². The Kier molecular flexibility index (Phi) is 5.39. The largest absolute Gasteiger partial charge is 0.508 e. The van der Waals surface area contributed by atoms with Crippen LogP contribution in [0.2, 0.25) is 0 Å². The van der Waals surface area contributed by atoms with Crippen LogP contribution in [0, 0.1) is 18.6 Å². The van der Waals surface area contributed by atoms with Crippen LogP contribution in [-0.2, 0) is 6.18 Å². The summed E-state index contributed by atoms with van der Waals surface area (Å²) in [4.78, 5) is 0. The molecular formula is C21H15F5N2O2. The Hall–Kier alpha value is -3.62. The average molecular weight is 422 g/mol. The molecule has 0 aliphatic heterocycles. The Bertz CT molecular complexity index is 1140. The molecule has 0 heterocycles. The molecule has 3 aromatic rings. The van der Waals surface area contributed by atoms with E-state index in [9.17, 15) is 27.1 Å². The fourth-order valence-corrected chi connectivity index (χ4v) is 3.14. The highest BCUT2D eigenvalue weighted by Gasteiger charge is 2.33. The molecule has 30 heavy (non-hydrogen) atoms. The molecule has 0 bridgehead atoms. The van der Waals surface area contributed by atoms with Gasteiger partial charge in [0.1, 0.15) is 5.75 Å². The summed E-state index contributed by atoms with van der Waals surface area (Å²) in [6.45, 7) is 1.45. The minimum Gasteiger partial charge on any atom is -0.508 e. The predicted molar refractivity (Wildman–Crippen MR) is 101 cm³/mol. The van der Waals surface area contributed by atoms with E-state index in [4.69, 9.17) is 10.9 Å². The molecule has 0 amide bonds. The number of oxime groups is 1. The first kappa shape index (κ1) is 21.1. The number of phenolic OH excluding ortho intramolecular Hbond substituents is 1. The molecule has 156 valence electrons. The minimum atomic E-state index is -4.77. The van der Waals surface area contributed by atoms with E-state index in [0.29, 0.717) is 6.07 Å². The van der Waals surface area contributed by atoms with E-state index >= 15 is 0 Å². The van der Waals surface area contributed by atoms with Crippen molar-refractivity contribution in [2.45, 2.75) is 13.1 Å². The maximum atomic E-state index is 14.0. The Morgan fingerprint density at radius 1 is 0.933 bits per heavy atom. The topological polar surface area (TPSA) is 78.8 Å². The lowest BCUT2D eigenvalue weighted by Crippen LogP contribution is -2.17. The molecular weight excluding hydrogens is 407 g/mol. The summed E-state index contributed by atoms with van der Waals surface area (Å²) in [5, 5.41) is 21.5. The Morgan fingerprint density at radius 3 is 2.10 bits per heavy atom. The highest BCUT2D eigenvalue weighted by Crippen LogP contribution is 2.42. The van der Waals surface area contributed by atoms with Gasteiger partial charge in [-0.25, -0.2) is 8.78 Å². The summed E-state index contributed by atoms with van der Waals surface area (Å²) in [6.07, 6.45) is -4.77. The molecule has 0 aliphatic carbocycles. The number of phenols is 1. The van der Waals surface area contributed by atoms with Crippen molar-refractivity contribution in [3.8, 4) is 28.0 Å². The van der Waals surface area contributed by atoms with Crippen molar-refractivity contribution in [1.29, 1.82) is 0 Å². The lowest BCUT2D eigenvalue weighted by Gasteiger charge is -2.20. The van der Waals surface area contributed by atoms with Gasteiger partial charge in [0.15, 0.2) is 17.5 Å². The third-order valence-electron chi connectivity index (χ3n) is 4.56. The fraction of sp³-hybridized carbons (Fsp3) is 0.0952. The van der Waals surface area contributed by atoms with Gasteiger partial charge in [-0.3, -0.25) is 0 Å². The molecule has 4 N–H and O–H groups in total. The zero-order chi connectivity index (χ0) is 22.2. The van der Waals surface area contributed by atoms with Gasteiger partial charge in [-0.05, 0) is 65.6 Å². The first-order valence-corrected chi connectivity index (χ1v) is 8.51. The highest BCUT2D eigenvalue weighted by atomic mass is 19.4. The number of amidine groups is 1. The second-order valence-electron chi connectivity index (χ2n) is 6.56. The summed E-state index contributed by atoms with van der Waals surface area (Å²) in [5.74, 6) is -3.09. The van der Waals surface area contributed by atoms with Gasteiger partial charge in [0.2, 0.25) is 0 Å². The standard InChI is InChI=1S/C21H15F5N2O2/c1-10-6-17(22)18(23)9-14(10)19-15(11-2-4-13(29)5-3-11)7-12(21(24,25)26)8-16(19)20(27)28-30/h2-9,29-30H,1H3,(H2,27,28). The van der Waals surface area contributed by atoms with Crippen molar-refractivity contribution < 1.29 is 32.3 Å². The van der Waals surface area contributed by atoms with Crippen LogP contribution < -0.4 is 5.73 Å². The van der Waals surface area contributed by atoms with Gasteiger partial charge in [0.05, 0.1) is 5.56 Å². The van der Waals surface area contributed by atoms with Gasteiger partial charge in [-0.2, -0.15) is 13.2 Å². The lowest BCUT2D eigenvalue weighted by atomic mass is 9.86. The van der Waals surface area contributed by atoms with Crippen molar-refractivity contribution >= 4 is 5.84 Å². The van der Waals surface area contributed by atoms with E-state index in [0.717, 1.165) is 18.2 Å². The van der Waals surface area contributed by atoms with Crippen molar-refractivity contribution in [2.24, 2.45) is 10.9 Å². The third-order valence-corrected chi connectivity index (χ3v) is 4.56. The van der Waals surface area contributed by atoms with Gasteiger partial charge in [0, 0.05) is 11.1 Å². The van der Waals surface area contributed by atoms with Crippen molar-refractivity contribution in [3.63, 3.8) is 0 Å². The number of alkyl halides is 3. The van der Waals surface area contributed by atoms with Gasteiger partial charge in [-0.15, -0.1) is 0 Å². The van der Waals surface area contributed by atoms with Gasteiger partial charge in [-0.1, -0.05) is 17.3 Å². The molecule has 0 unspecified atom stereocenters. The summed E-state index contributed by atoms with van der Waals surface area (Å²) in [5.41, 5.74) is 4.77. The van der Waals surface area contributed by atoms with Crippen LogP contribution in [-0.4, -0.2) is 16.1 Å². The maximum absolute atomic E-state index is 14.0. The second-order valence-corrected chi connectivity index (χ2v) is 6.56. The number of hydrogen-bond donors (Lipinski definition) is 3. The molecule has 0 saturated heterocycles. The van der Waals surface area contributed by atoms with Crippen molar-refractivity contribution in [2.75, 3.05) is 0 Å². The van der Waals surface area contributed by atoms with Crippen LogP contribution in [0.15, 0.2) is 53.7 Å². The molecule has 3 rings (SSSR count). The van der Waals surface area contributed by atoms with E-state index in [-0.39, 0.29) is 39.1 Å². The molecule has 0 aliphatic rings. The lowest BCUT2D eigenvalue weighted by molar-refractivity contribution is -0.137. The quantitative estimate of drug-likeness (QED) is 0.173. The van der Waals surface area contributed by atoms with E-state index < -0.39 is 29.2 Å². The number of aryl methyl sites for hydroxylation is 1. The fourth-order valence-electron chi connectivity index (χ4n) is 3.14. The average Bonchev–Trinajstić information content (AvgIpc) is 2.69. The van der Waals surface area contributed by atoms with Gasteiger partial charge < -0.3 is 16.0 Å². The van der Waals surface area contributed by atoms with Crippen LogP contribution in [0.5, 0.6) is 5.75 Å². The molecule has 0 radical (unpaired) electrons. The van der Waals surface area contributed by atoms with Crippen molar-refractivity contribution in [3.05, 3.63) is 76.9 Å². The second kappa shape index (κ2) is 7.66. The van der Waals surface area contributed by atoms with Crippen LogP contribution in [0.3, 0.4) is 0 Å². The maximum Gasteiger partial charge on any atom is 0.416 e. The third kappa shape index (κ3) is 3.91. The predicted octanol–water partition coefficient (Wildman–Crippen LogP) is 5.43. The first-order valence-electron chi connectivity index (χ1n) is 8.51. The summed E-state index contributed by atoms with van der Waals surface area (Å²) < 4.78 is 68.3. The molecule has 3 aromatic carbocycles. The van der Waals surface area contributed by atoms with E-state index in [1.54, 1.807) is 0 Å². The summed E-state index contributed by atoms with van der Waals surface area (Å²) >= 11 is 0. The number of benzene rings is 3. The molecule has 0 aromatic heterocycles. The van der Waals surface area contributed by atoms with Crippen LogP contribution >= 0.6 is 0 Å². The van der Waals surface area contributed by atoms with Crippen LogP contribution in [0.1, 0.15) is 16.7 Å². The SMILES string of the molecule is Cc1cc(F)c(F)cc1-c1c(/C(N)=N/O)cc(C(F)(F)F)cc1-c1ccc(O)cc1. The van der Waals surface area contributed by atoms with Crippen LogP contribution in [0.4, 0.5) is 22.0 Å². The Labute approximate surface area is 167 Å². The van der Waals surface area contributed by atoms with E-state index in [2.05, 4.69) is 5.16 Å². The number of aromatic hydroxyl groups is 1. The molecule has 4 nitrogen and oxygen atoms in total. The van der Waals surface area contributed by atoms with E-state index in [1.165, 1.54) is 31.2 Å². The monoisotopic (exact) mass is 422 g/mol. The Balaban J connectivity index is 2.50. The Morgan fingerprint density at radius 2 is 1.53 bits per heavy atom. The number of halogens is 5.